The minimum atomic E-state index is -0.143. The van der Waals surface area contributed by atoms with E-state index in [2.05, 4.69) is 0 Å². The monoisotopic (exact) mass is 183 g/mol. The fraction of sp³-hybridized carbons (Fsp3) is 0.778. The molecule has 0 spiro atoms. The fourth-order valence-electron chi connectivity index (χ4n) is 1.82. The third-order valence-corrected chi connectivity index (χ3v) is 2.50. The lowest BCUT2D eigenvalue weighted by molar-refractivity contribution is -0.131. The molecule has 1 saturated carbocycles. The molecule has 0 atom stereocenters. The van der Waals surface area contributed by atoms with E-state index >= 15 is 0 Å². The maximum atomic E-state index is 11.3. The van der Waals surface area contributed by atoms with Gasteiger partial charge in [0.1, 0.15) is 0 Å². The number of carbonyl (C=O) groups excluding carboxylic acids is 2. The normalized spacial score (nSPS) is 17.3. The van der Waals surface area contributed by atoms with Crippen molar-refractivity contribution in [3.8, 4) is 0 Å². The maximum absolute atomic E-state index is 11.3. The van der Waals surface area contributed by atoms with Crippen LogP contribution in [0, 0.1) is 0 Å². The molecule has 0 aromatic carbocycles. The topological polar surface area (TPSA) is 63.4 Å². The third-order valence-electron chi connectivity index (χ3n) is 2.50. The van der Waals surface area contributed by atoms with Crippen LogP contribution in [0.2, 0.25) is 0 Å². The van der Waals surface area contributed by atoms with Crippen molar-refractivity contribution < 1.29 is 9.59 Å². The molecule has 0 bridgehead atoms. The summed E-state index contributed by atoms with van der Waals surface area (Å²) < 4.78 is 0. The minimum Gasteiger partial charge on any atom is -0.331 e. The fourth-order valence-corrected chi connectivity index (χ4v) is 1.82. The van der Waals surface area contributed by atoms with Gasteiger partial charge >= 0.3 is 0 Å². The average molecular weight is 183 g/mol. The summed E-state index contributed by atoms with van der Waals surface area (Å²) in [6.07, 6.45) is 6.02. The van der Waals surface area contributed by atoms with Crippen LogP contribution in [0.1, 0.15) is 25.7 Å². The van der Waals surface area contributed by atoms with Crippen LogP contribution in [-0.4, -0.2) is 36.2 Å². The summed E-state index contributed by atoms with van der Waals surface area (Å²) in [5, 5.41) is 0. The zero-order valence-corrected chi connectivity index (χ0v) is 7.66. The lowest BCUT2D eigenvalue weighted by atomic mass is 10.2. The van der Waals surface area contributed by atoms with E-state index in [4.69, 9.17) is 5.73 Å². The molecule has 1 rings (SSSR count). The van der Waals surface area contributed by atoms with Crippen molar-refractivity contribution in [3.05, 3.63) is 0 Å². The van der Waals surface area contributed by atoms with Gasteiger partial charge in [0.2, 0.25) is 12.2 Å². The molecule has 1 radical (unpaired) electrons. The first-order chi connectivity index (χ1) is 6.29. The number of hydrogen-bond acceptors (Lipinski definition) is 3. The number of rotatable bonds is 4. The lowest BCUT2D eigenvalue weighted by Crippen LogP contribution is -2.43. The van der Waals surface area contributed by atoms with Crippen molar-refractivity contribution in [1.82, 2.24) is 4.90 Å². The summed E-state index contributed by atoms with van der Waals surface area (Å²) in [5.74, 6) is -0.143. The SMILES string of the molecule is NCC(=O)N(C[C]=O)C1CCCC1. The predicted molar refractivity (Wildman–Crippen MR) is 48.7 cm³/mol. The second kappa shape index (κ2) is 4.97. The zero-order chi connectivity index (χ0) is 9.68. The van der Waals surface area contributed by atoms with Gasteiger partial charge in [-0.2, -0.15) is 0 Å². The van der Waals surface area contributed by atoms with Crippen LogP contribution in [0.5, 0.6) is 0 Å². The van der Waals surface area contributed by atoms with Gasteiger partial charge in [-0.25, -0.2) is 0 Å². The van der Waals surface area contributed by atoms with E-state index in [0.717, 1.165) is 25.7 Å². The Balaban J connectivity index is 2.54. The van der Waals surface area contributed by atoms with E-state index in [1.54, 1.807) is 11.2 Å². The standard InChI is InChI=1S/C9H15N2O2/c10-7-9(13)11(5-6-12)8-3-1-2-4-8/h8H,1-5,7,10H2. The number of nitrogens with zero attached hydrogens (tertiary/aromatic N) is 1. The van der Waals surface area contributed by atoms with Crippen molar-refractivity contribution in [2.75, 3.05) is 13.1 Å². The molecule has 0 aromatic rings. The van der Waals surface area contributed by atoms with Crippen molar-refractivity contribution in [1.29, 1.82) is 0 Å². The molecular weight excluding hydrogens is 168 g/mol. The molecule has 2 N–H and O–H groups in total. The quantitative estimate of drug-likeness (QED) is 0.658. The molecule has 1 aliphatic rings. The van der Waals surface area contributed by atoms with Crippen LogP contribution in [0.4, 0.5) is 0 Å². The number of nitrogens with two attached hydrogens (primary N) is 1. The maximum Gasteiger partial charge on any atom is 0.236 e. The van der Waals surface area contributed by atoms with Gasteiger partial charge in [0.25, 0.3) is 0 Å². The summed E-state index contributed by atoms with van der Waals surface area (Å²) in [7, 11) is 0. The molecule has 0 aliphatic heterocycles. The molecule has 1 amide bonds. The Morgan fingerprint density at radius 2 is 2.08 bits per heavy atom. The van der Waals surface area contributed by atoms with E-state index in [-0.39, 0.29) is 25.0 Å². The van der Waals surface area contributed by atoms with Crippen molar-refractivity contribution in [2.24, 2.45) is 5.73 Å². The zero-order valence-electron chi connectivity index (χ0n) is 7.66. The smallest absolute Gasteiger partial charge is 0.236 e. The highest BCUT2D eigenvalue weighted by molar-refractivity contribution is 5.80. The van der Waals surface area contributed by atoms with Crippen molar-refractivity contribution in [3.63, 3.8) is 0 Å². The van der Waals surface area contributed by atoms with Crippen molar-refractivity contribution in [2.45, 2.75) is 31.7 Å². The van der Waals surface area contributed by atoms with Gasteiger partial charge in [0.15, 0.2) is 0 Å². The van der Waals surface area contributed by atoms with E-state index in [1.165, 1.54) is 0 Å². The van der Waals surface area contributed by atoms with Crippen LogP contribution in [0.15, 0.2) is 0 Å². The van der Waals surface area contributed by atoms with Crippen LogP contribution in [0.3, 0.4) is 0 Å². The minimum absolute atomic E-state index is 0.0157. The van der Waals surface area contributed by atoms with Crippen LogP contribution in [-0.2, 0) is 9.59 Å². The molecule has 4 nitrogen and oxygen atoms in total. The van der Waals surface area contributed by atoms with Gasteiger partial charge in [0.05, 0.1) is 13.1 Å². The second-order valence-corrected chi connectivity index (χ2v) is 3.31. The molecule has 73 valence electrons. The van der Waals surface area contributed by atoms with Crippen molar-refractivity contribution >= 4 is 12.2 Å². The third kappa shape index (κ3) is 2.52. The van der Waals surface area contributed by atoms with Crippen LogP contribution < -0.4 is 5.73 Å². The van der Waals surface area contributed by atoms with Crippen LogP contribution >= 0.6 is 0 Å². The Kier molecular flexibility index (Phi) is 3.89. The predicted octanol–water partition coefficient (Wildman–Crippen LogP) is -0.174. The molecule has 4 heteroatoms. The largest absolute Gasteiger partial charge is 0.331 e. The first-order valence-corrected chi connectivity index (χ1v) is 4.64. The molecule has 0 heterocycles. The molecule has 0 saturated heterocycles. The Morgan fingerprint density at radius 1 is 1.46 bits per heavy atom. The Labute approximate surface area is 78.1 Å². The summed E-state index contributed by atoms with van der Waals surface area (Å²) in [5.41, 5.74) is 5.25. The highest BCUT2D eigenvalue weighted by Crippen LogP contribution is 2.22. The summed E-state index contributed by atoms with van der Waals surface area (Å²) in [6.45, 7) is 0.0544. The Bertz CT molecular complexity index is 188. The van der Waals surface area contributed by atoms with Gasteiger partial charge in [0, 0.05) is 6.04 Å². The van der Waals surface area contributed by atoms with E-state index < -0.39 is 0 Å². The highest BCUT2D eigenvalue weighted by atomic mass is 16.2. The highest BCUT2D eigenvalue weighted by Gasteiger charge is 2.25. The molecule has 13 heavy (non-hydrogen) atoms. The number of hydrogen-bond donors (Lipinski definition) is 1. The first kappa shape index (κ1) is 10.2. The van der Waals surface area contributed by atoms with Gasteiger partial charge in [-0.3, -0.25) is 9.59 Å². The van der Waals surface area contributed by atoms with E-state index in [0.29, 0.717) is 0 Å². The van der Waals surface area contributed by atoms with E-state index in [1.807, 2.05) is 0 Å². The second-order valence-electron chi connectivity index (χ2n) is 3.31. The summed E-state index contributed by atoms with van der Waals surface area (Å²) >= 11 is 0. The number of amides is 1. The first-order valence-electron chi connectivity index (χ1n) is 4.64. The van der Waals surface area contributed by atoms with Gasteiger partial charge in [-0.05, 0) is 12.8 Å². The number of carbonyl (C=O) groups is 1. The Hall–Kier alpha value is -0.900. The lowest BCUT2D eigenvalue weighted by Gasteiger charge is -2.25. The Morgan fingerprint density at radius 3 is 2.54 bits per heavy atom. The van der Waals surface area contributed by atoms with Gasteiger partial charge in [-0.15, -0.1) is 0 Å². The molecular formula is C9H15N2O2. The van der Waals surface area contributed by atoms with Gasteiger partial charge in [-0.1, -0.05) is 12.8 Å². The average Bonchev–Trinajstić information content (AvgIpc) is 2.65. The van der Waals surface area contributed by atoms with Crippen LogP contribution in [0.25, 0.3) is 0 Å². The summed E-state index contributed by atoms with van der Waals surface area (Å²) in [4.78, 5) is 23.1. The molecule has 1 aliphatic carbocycles. The van der Waals surface area contributed by atoms with E-state index in [9.17, 15) is 9.59 Å². The summed E-state index contributed by atoms with van der Waals surface area (Å²) in [6, 6.07) is 0.220. The molecule has 0 unspecified atom stereocenters. The molecule has 1 fully saturated rings. The molecule has 0 aromatic heterocycles. The van der Waals surface area contributed by atoms with Gasteiger partial charge < -0.3 is 10.6 Å².